The predicted molar refractivity (Wildman–Crippen MR) is 124 cm³/mol. The minimum absolute atomic E-state index is 0.137. The summed E-state index contributed by atoms with van der Waals surface area (Å²) in [4.78, 5) is 15.1. The van der Waals surface area contributed by atoms with Crippen molar-refractivity contribution < 1.29 is 9.90 Å². The fraction of sp³-hybridized carbons (Fsp3) is 0.741. The van der Waals surface area contributed by atoms with E-state index in [9.17, 15) is 9.90 Å². The summed E-state index contributed by atoms with van der Waals surface area (Å²) in [6.07, 6.45) is 10.4. The number of Topliss-reactive ketones (excluding diaryl/α,β-unsaturated/α-hetero) is 1. The van der Waals surface area contributed by atoms with Crippen molar-refractivity contribution in [2.45, 2.75) is 83.8 Å². The molecule has 172 valence electrons. The van der Waals surface area contributed by atoms with Crippen LogP contribution in [-0.4, -0.2) is 31.5 Å². The van der Waals surface area contributed by atoms with E-state index in [1.54, 1.807) is 4.80 Å². The maximum atomic E-state index is 13.5. The van der Waals surface area contributed by atoms with E-state index in [0.29, 0.717) is 24.2 Å². The average Bonchev–Trinajstić information content (AvgIpc) is 3.32. The smallest absolute Gasteiger partial charge is 0.159 e. The van der Waals surface area contributed by atoms with E-state index in [4.69, 9.17) is 0 Å². The van der Waals surface area contributed by atoms with Gasteiger partial charge >= 0.3 is 0 Å². The molecule has 1 unspecified atom stereocenters. The Kier molecular flexibility index (Phi) is 4.80. The van der Waals surface area contributed by atoms with Crippen molar-refractivity contribution in [2.75, 3.05) is 0 Å². The Morgan fingerprint density at radius 2 is 1.69 bits per heavy atom. The lowest BCUT2D eigenvalue weighted by molar-refractivity contribution is -0.133. The van der Waals surface area contributed by atoms with Crippen molar-refractivity contribution in [1.29, 1.82) is 0 Å². The van der Waals surface area contributed by atoms with Crippen molar-refractivity contribution in [3.05, 3.63) is 24.3 Å². The second-order valence-corrected chi connectivity index (χ2v) is 12.0. The first-order valence-corrected chi connectivity index (χ1v) is 12.9. The summed E-state index contributed by atoms with van der Waals surface area (Å²) < 4.78 is 0. The van der Waals surface area contributed by atoms with Crippen LogP contribution in [0.2, 0.25) is 0 Å². The maximum Gasteiger partial charge on any atom is 0.159 e. The van der Waals surface area contributed by atoms with E-state index in [1.165, 1.54) is 38.5 Å². The number of nitrogens with zero attached hydrogens (tertiary/aromatic N) is 3. The van der Waals surface area contributed by atoms with Crippen molar-refractivity contribution in [1.82, 2.24) is 15.0 Å². The Labute approximate surface area is 191 Å². The van der Waals surface area contributed by atoms with Crippen LogP contribution in [0.25, 0.3) is 11.0 Å². The topological polar surface area (TPSA) is 68.0 Å². The SMILES string of the molecule is C[C@@]1(O)CC[C@@H]2C3CC[C@]4(C)[C@@H](C(=O)Cn5nc6ccccc6n5)CC[C@H]4[C@@H]3CC[C@@H]2C1. The molecule has 1 N–H and O–H groups in total. The van der Waals surface area contributed by atoms with E-state index in [0.717, 1.165) is 48.0 Å². The molecule has 4 saturated carbocycles. The molecule has 1 heterocycles. The van der Waals surface area contributed by atoms with E-state index in [-0.39, 0.29) is 11.3 Å². The molecule has 32 heavy (non-hydrogen) atoms. The highest BCUT2D eigenvalue weighted by Crippen LogP contribution is 2.64. The second kappa shape index (κ2) is 7.38. The number of hydrogen-bond acceptors (Lipinski definition) is 4. The molecule has 4 fully saturated rings. The van der Waals surface area contributed by atoms with Gasteiger partial charge in [-0.3, -0.25) is 4.79 Å². The maximum absolute atomic E-state index is 13.5. The molecule has 5 nitrogen and oxygen atoms in total. The summed E-state index contributed by atoms with van der Waals surface area (Å²) in [6.45, 7) is 4.77. The van der Waals surface area contributed by atoms with Gasteiger partial charge in [0.1, 0.15) is 17.6 Å². The quantitative estimate of drug-likeness (QED) is 0.735. The number of ketones is 1. The standard InChI is InChI=1S/C27H37N3O2/c1-26(32)13-11-18-17(15-26)7-8-20-19(18)12-14-27(2)21(20)9-10-22(27)25(31)16-30-28-23-5-3-4-6-24(23)29-30/h3-6,17-22,32H,7-16H2,1-2H3/t17-,18+,19?,20-,21+,22-,26-,27+/m1/s1. The highest BCUT2D eigenvalue weighted by atomic mass is 16.3. The Morgan fingerprint density at radius 1 is 0.969 bits per heavy atom. The van der Waals surface area contributed by atoms with Crippen molar-refractivity contribution in [3.63, 3.8) is 0 Å². The summed E-state index contributed by atoms with van der Waals surface area (Å²) in [5, 5.41) is 19.7. The number of aromatic nitrogens is 3. The number of aliphatic hydroxyl groups is 1. The number of carbonyl (C=O) groups is 1. The zero-order valence-electron chi connectivity index (χ0n) is 19.5. The molecule has 0 aliphatic heterocycles. The van der Waals surface area contributed by atoms with Crippen molar-refractivity contribution >= 4 is 16.8 Å². The second-order valence-electron chi connectivity index (χ2n) is 12.0. The third kappa shape index (κ3) is 3.26. The molecule has 2 aromatic rings. The molecule has 8 atom stereocenters. The fourth-order valence-corrected chi connectivity index (χ4v) is 8.84. The third-order valence-corrected chi connectivity index (χ3v) is 10.3. The number of benzene rings is 1. The van der Waals surface area contributed by atoms with Crippen LogP contribution in [0.4, 0.5) is 0 Å². The molecule has 1 aromatic carbocycles. The monoisotopic (exact) mass is 435 g/mol. The first kappa shape index (κ1) is 20.8. The first-order valence-electron chi connectivity index (χ1n) is 12.9. The van der Waals surface area contributed by atoms with Crippen molar-refractivity contribution in [3.8, 4) is 0 Å². The van der Waals surface area contributed by atoms with E-state index < -0.39 is 5.60 Å². The Bertz CT molecular complexity index is 996. The van der Waals surface area contributed by atoms with Crippen LogP contribution < -0.4 is 0 Å². The van der Waals surface area contributed by atoms with Gasteiger partial charge in [-0.2, -0.15) is 15.0 Å². The minimum Gasteiger partial charge on any atom is -0.390 e. The lowest BCUT2D eigenvalue weighted by atomic mass is 9.49. The molecular weight excluding hydrogens is 398 g/mol. The molecule has 0 bridgehead atoms. The van der Waals surface area contributed by atoms with Gasteiger partial charge in [0.15, 0.2) is 5.78 Å². The molecule has 0 radical (unpaired) electrons. The highest BCUT2D eigenvalue weighted by molar-refractivity contribution is 5.82. The number of hydrogen-bond donors (Lipinski definition) is 1. The molecule has 5 heteroatoms. The van der Waals surface area contributed by atoms with Crippen LogP contribution in [-0.2, 0) is 11.3 Å². The number of rotatable bonds is 3. The van der Waals surface area contributed by atoms with Crippen LogP contribution >= 0.6 is 0 Å². The van der Waals surface area contributed by atoms with Crippen LogP contribution in [0.1, 0.15) is 71.6 Å². The molecule has 4 aliphatic carbocycles. The number of fused-ring (bicyclic) bond motifs is 6. The predicted octanol–water partition coefficient (Wildman–Crippen LogP) is 5.02. The summed E-state index contributed by atoms with van der Waals surface area (Å²) in [5.41, 5.74) is 1.41. The van der Waals surface area contributed by atoms with Gasteiger partial charge in [-0.1, -0.05) is 19.1 Å². The van der Waals surface area contributed by atoms with Gasteiger partial charge in [0.2, 0.25) is 0 Å². The Morgan fingerprint density at radius 3 is 2.44 bits per heavy atom. The zero-order valence-corrected chi connectivity index (χ0v) is 19.5. The molecule has 0 spiro atoms. The van der Waals surface area contributed by atoms with Crippen LogP contribution in [0, 0.1) is 40.9 Å². The molecular formula is C27H37N3O2. The van der Waals surface area contributed by atoms with Gasteiger partial charge in [0, 0.05) is 5.92 Å². The van der Waals surface area contributed by atoms with Crippen LogP contribution in [0.5, 0.6) is 0 Å². The molecule has 0 saturated heterocycles. The normalized spacial score (nSPS) is 43.5. The summed E-state index contributed by atoms with van der Waals surface area (Å²) in [5.74, 6) is 4.26. The Balaban J connectivity index is 1.18. The van der Waals surface area contributed by atoms with Gasteiger partial charge in [-0.05, 0) is 112 Å². The first-order chi connectivity index (χ1) is 15.3. The van der Waals surface area contributed by atoms with Gasteiger partial charge in [-0.25, -0.2) is 0 Å². The van der Waals surface area contributed by atoms with Gasteiger partial charge < -0.3 is 5.11 Å². The summed E-state index contributed by atoms with van der Waals surface area (Å²) in [7, 11) is 0. The average molecular weight is 436 g/mol. The largest absolute Gasteiger partial charge is 0.390 e. The summed E-state index contributed by atoms with van der Waals surface area (Å²) >= 11 is 0. The minimum atomic E-state index is -0.451. The summed E-state index contributed by atoms with van der Waals surface area (Å²) in [6, 6.07) is 7.84. The van der Waals surface area contributed by atoms with Gasteiger partial charge in [0.25, 0.3) is 0 Å². The molecule has 6 rings (SSSR count). The zero-order chi connectivity index (χ0) is 22.1. The third-order valence-electron chi connectivity index (χ3n) is 10.3. The molecule has 0 amide bonds. The van der Waals surface area contributed by atoms with Crippen LogP contribution in [0.15, 0.2) is 24.3 Å². The fourth-order valence-electron chi connectivity index (χ4n) is 8.84. The van der Waals surface area contributed by atoms with Crippen molar-refractivity contribution in [2.24, 2.45) is 40.9 Å². The van der Waals surface area contributed by atoms with Crippen LogP contribution in [0.3, 0.4) is 0 Å². The van der Waals surface area contributed by atoms with Gasteiger partial charge in [0.05, 0.1) is 5.60 Å². The van der Waals surface area contributed by atoms with E-state index in [2.05, 4.69) is 17.1 Å². The van der Waals surface area contributed by atoms with Gasteiger partial charge in [-0.15, -0.1) is 0 Å². The number of carbonyl (C=O) groups excluding carboxylic acids is 1. The Hall–Kier alpha value is -1.75. The van der Waals surface area contributed by atoms with E-state index >= 15 is 0 Å². The molecule has 4 aliphatic rings. The highest BCUT2D eigenvalue weighted by Gasteiger charge is 2.58. The lowest BCUT2D eigenvalue weighted by Gasteiger charge is -2.56. The lowest BCUT2D eigenvalue weighted by Crippen LogP contribution is -2.51. The molecule has 1 aromatic heterocycles. The van der Waals surface area contributed by atoms with E-state index in [1.807, 2.05) is 31.2 Å².